The van der Waals surface area contributed by atoms with Crippen molar-refractivity contribution in [2.24, 2.45) is 0 Å². The molecule has 0 aliphatic heterocycles. The molecule has 126 valence electrons. The summed E-state index contributed by atoms with van der Waals surface area (Å²) in [6, 6.07) is 30.7. The molecular weight excluding hydrogens is 326 g/mol. The van der Waals surface area contributed by atoms with Gasteiger partial charge in [0.15, 0.2) is 0 Å². The van der Waals surface area contributed by atoms with Crippen LogP contribution < -0.4 is 5.32 Å². The third-order valence-electron chi connectivity index (χ3n) is 3.92. The van der Waals surface area contributed by atoms with E-state index in [0.717, 1.165) is 5.56 Å². The Kier molecular flexibility index (Phi) is 6.29. The van der Waals surface area contributed by atoms with Crippen molar-refractivity contribution in [1.82, 2.24) is 5.32 Å². The summed E-state index contributed by atoms with van der Waals surface area (Å²) in [6.07, 6.45) is 0. The summed E-state index contributed by atoms with van der Waals surface area (Å²) >= 11 is 1.66. The molecule has 0 saturated heterocycles. The maximum atomic E-state index is 12.3. The average molecular weight is 347 g/mol. The predicted molar refractivity (Wildman–Crippen MR) is 105 cm³/mol. The van der Waals surface area contributed by atoms with E-state index in [1.807, 2.05) is 66.7 Å². The minimum absolute atomic E-state index is 0.0608. The standard InChI is InChI=1S/C22H21NOS/c24-21(23-16-18-10-4-1-5-11-18)17-25-22(19-12-6-2-7-13-19)20-14-8-3-9-15-20/h1-15,22H,16-17H2,(H,23,24). The Morgan fingerprint density at radius 3 is 1.76 bits per heavy atom. The van der Waals surface area contributed by atoms with E-state index in [1.54, 1.807) is 11.8 Å². The number of benzene rings is 3. The van der Waals surface area contributed by atoms with Gasteiger partial charge in [-0.05, 0) is 16.7 Å². The van der Waals surface area contributed by atoms with Gasteiger partial charge in [0.25, 0.3) is 0 Å². The second kappa shape index (κ2) is 9.09. The van der Waals surface area contributed by atoms with E-state index in [9.17, 15) is 4.79 Å². The van der Waals surface area contributed by atoms with Crippen molar-refractivity contribution in [2.45, 2.75) is 11.8 Å². The smallest absolute Gasteiger partial charge is 0.230 e. The predicted octanol–water partition coefficient (Wildman–Crippen LogP) is 4.83. The van der Waals surface area contributed by atoms with Crippen LogP contribution in [0.15, 0.2) is 91.0 Å². The van der Waals surface area contributed by atoms with Crippen LogP contribution in [0, 0.1) is 0 Å². The summed E-state index contributed by atoms with van der Waals surface area (Å²) in [5, 5.41) is 3.15. The zero-order valence-corrected chi connectivity index (χ0v) is 14.8. The van der Waals surface area contributed by atoms with E-state index in [-0.39, 0.29) is 11.2 Å². The van der Waals surface area contributed by atoms with E-state index >= 15 is 0 Å². The van der Waals surface area contributed by atoms with E-state index in [2.05, 4.69) is 29.6 Å². The van der Waals surface area contributed by atoms with Crippen LogP contribution in [0.5, 0.6) is 0 Å². The number of carbonyl (C=O) groups is 1. The Balaban J connectivity index is 1.62. The van der Waals surface area contributed by atoms with Gasteiger partial charge in [-0.15, -0.1) is 11.8 Å². The second-order valence-corrected chi connectivity index (χ2v) is 6.87. The number of hydrogen-bond donors (Lipinski definition) is 1. The maximum absolute atomic E-state index is 12.3. The molecule has 1 amide bonds. The first-order valence-electron chi connectivity index (χ1n) is 8.35. The van der Waals surface area contributed by atoms with Crippen molar-refractivity contribution in [3.05, 3.63) is 108 Å². The molecule has 0 bridgehead atoms. The SMILES string of the molecule is O=C(CSC(c1ccccc1)c1ccccc1)NCc1ccccc1. The molecule has 1 N–H and O–H groups in total. The van der Waals surface area contributed by atoms with E-state index in [0.29, 0.717) is 12.3 Å². The van der Waals surface area contributed by atoms with Crippen molar-refractivity contribution in [1.29, 1.82) is 0 Å². The molecule has 3 aromatic rings. The van der Waals surface area contributed by atoms with Gasteiger partial charge in [0.05, 0.1) is 11.0 Å². The molecule has 3 aromatic carbocycles. The van der Waals surface area contributed by atoms with Crippen LogP contribution in [0.4, 0.5) is 0 Å². The largest absolute Gasteiger partial charge is 0.351 e. The van der Waals surface area contributed by atoms with Crippen molar-refractivity contribution in [2.75, 3.05) is 5.75 Å². The summed E-state index contributed by atoms with van der Waals surface area (Å²) < 4.78 is 0. The monoisotopic (exact) mass is 347 g/mol. The van der Waals surface area contributed by atoms with Gasteiger partial charge in [0, 0.05) is 6.54 Å². The molecule has 0 saturated carbocycles. The highest BCUT2D eigenvalue weighted by Gasteiger charge is 2.16. The quantitative estimate of drug-likeness (QED) is 0.663. The van der Waals surface area contributed by atoms with Crippen molar-refractivity contribution >= 4 is 17.7 Å². The van der Waals surface area contributed by atoms with Gasteiger partial charge in [0.2, 0.25) is 5.91 Å². The van der Waals surface area contributed by atoms with Gasteiger partial charge in [-0.25, -0.2) is 0 Å². The minimum Gasteiger partial charge on any atom is -0.351 e. The molecule has 3 rings (SSSR count). The third kappa shape index (κ3) is 5.23. The summed E-state index contributed by atoms with van der Waals surface area (Å²) in [7, 11) is 0. The molecule has 0 aliphatic carbocycles. The highest BCUT2D eigenvalue weighted by Crippen LogP contribution is 2.35. The lowest BCUT2D eigenvalue weighted by Crippen LogP contribution is -2.25. The van der Waals surface area contributed by atoms with Crippen LogP contribution in [-0.2, 0) is 11.3 Å². The van der Waals surface area contributed by atoms with Crippen LogP contribution in [0.2, 0.25) is 0 Å². The number of amides is 1. The molecule has 0 heterocycles. The molecule has 0 spiro atoms. The second-order valence-electron chi connectivity index (χ2n) is 5.77. The van der Waals surface area contributed by atoms with Crippen molar-refractivity contribution in [3.63, 3.8) is 0 Å². The van der Waals surface area contributed by atoms with Gasteiger partial charge in [-0.2, -0.15) is 0 Å². The Bertz CT molecular complexity index is 735. The molecule has 0 aromatic heterocycles. The van der Waals surface area contributed by atoms with Gasteiger partial charge in [-0.3, -0.25) is 4.79 Å². The fraction of sp³-hybridized carbons (Fsp3) is 0.136. The zero-order valence-electron chi connectivity index (χ0n) is 14.0. The summed E-state index contributed by atoms with van der Waals surface area (Å²) in [6.45, 7) is 0.571. The Morgan fingerprint density at radius 2 is 1.24 bits per heavy atom. The molecule has 2 nitrogen and oxygen atoms in total. The lowest BCUT2D eigenvalue weighted by molar-refractivity contribution is -0.118. The van der Waals surface area contributed by atoms with E-state index < -0.39 is 0 Å². The fourth-order valence-corrected chi connectivity index (χ4v) is 3.77. The van der Waals surface area contributed by atoms with Crippen LogP contribution >= 0.6 is 11.8 Å². The summed E-state index contributed by atoms with van der Waals surface area (Å²) in [5.74, 6) is 0.493. The number of carbonyl (C=O) groups excluding carboxylic acids is 1. The molecular formula is C22H21NOS. The number of hydrogen-bond acceptors (Lipinski definition) is 2. The normalized spacial score (nSPS) is 10.6. The zero-order chi connectivity index (χ0) is 17.3. The highest BCUT2D eigenvalue weighted by molar-refractivity contribution is 8.00. The fourth-order valence-electron chi connectivity index (χ4n) is 2.65. The van der Waals surface area contributed by atoms with Crippen LogP contribution in [-0.4, -0.2) is 11.7 Å². The summed E-state index contributed by atoms with van der Waals surface area (Å²) in [5.41, 5.74) is 3.55. The molecule has 0 fully saturated rings. The lowest BCUT2D eigenvalue weighted by Gasteiger charge is -2.17. The summed E-state index contributed by atoms with van der Waals surface area (Å²) in [4.78, 5) is 12.3. The maximum Gasteiger partial charge on any atom is 0.230 e. The molecule has 0 radical (unpaired) electrons. The molecule has 3 heteroatoms. The van der Waals surface area contributed by atoms with Gasteiger partial charge in [0.1, 0.15) is 0 Å². The van der Waals surface area contributed by atoms with Crippen LogP contribution in [0.1, 0.15) is 21.9 Å². The average Bonchev–Trinajstić information content (AvgIpc) is 2.69. The highest BCUT2D eigenvalue weighted by atomic mass is 32.2. The Labute approximate surface area is 153 Å². The van der Waals surface area contributed by atoms with Crippen molar-refractivity contribution in [3.8, 4) is 0 Å². The lowest BCUT2D eigenvalue weighted by atomic mass is 10.0. The van der Waals surface area contributed by atoms with Crippen molar-refractivity contribution < 1.29 is 4.79 Å². The van der Waals surface area contributed by atoms with Crippen LogP contribution in [0.25, 0.3) is 0 Å². The molecule has 25 heavy (non-hydrogen) atoms. The van der Waals surface area contributed by atoms with Crippen LogP contribution in [0.3, 0.4) is 0 Å². The van der Waals surface area contributed by atoms with E-state index in [4.69, 9.17) is 0 Å². The third-order valence-corrected chi connectivity index (χ3v) is 5.22. The molecule has 0 unspecified atom stereocenters. The topological polar surface area (TPSA) is 29.1 Å². The van der Waals surface area contributed by atoms with Gasteiger partial charge >= 0.3 is 0 Å². The first-order valence-corrected chi connectivity index (χ1v) is 9.40. The Hall–Kier alpha value is -2.52. The van der Waals surface area contributed by atoms with Gasteiger partial charge in [-0.1, -0.05) is 91.0 Å². The first kappa shape index (κ1) is 17.3. The molecule has 0 atom stereocenters. The molecule has 0 aliphatic rings. The number of rotatable bonds is 7. The first-order chi connectivity index (χ1) is 12.3. The number of thioether (sulfide) groups is 1. The minimum atomic E-state index is 0.0608. The van der Waals surface area contributed by atoms with E-state index in [1.165, 1.54) is 11.1 Å². The van der Waals surface area contributed by atoms with Gasteiger partial charge < -0.3 is 5.32 Å². The number of nitrogens with one attached hydrogen (secondary N) is 1. The Morgan fingerprint density at radius 1 is 0.760 bits per heavy atom.